The minimum Gasteiger partial charge on any atom is -0.462 e. The van der Waals surface area contributed by atoms with Gasteiger partial charge in [-0.15, -0.1) is 0 Å². The molecule has 0 radical (unpaired) electrons. The third kappa shape index (κ3) is 47.0. The van der Waals surface area contributed by atoms with Crippen molar-refractivity contribution < 1.29 is 28.6 Å². The second-order valence-corrected chi connectivity index (χ2v) is 15.6. The average Bonchev–Trinajstić information content (AvgIpc) is 3.26. The van der Waals surface area contributed by atoms with Crippen molar-refractivity contribution in [2.75, 3.05) is 13.2 Å². The van der Waals surface area contributed by atoms with E-state index in [-0.39, 0.29) is 31.1 Å². The van der Waals surface area contributed by atoms with Crippen LogP contribution < -0.4 is 0 Å². The van der Waals surface area contributed by atoms with E-state index in [1.54, 1.807) is 0 Å². The van der Waals surface area contributed by atoms with Gasteiger partial charge in [0.2, 0.25) is 0 Å². The van der Waals surface area contributed by atoms with Gasteiger partial charge in [0.15, 0.2) is 6.10 Å². The Morgan fingerprint density at radius 2 is 0.656 bits per heavy atom. The van der Waals surface area contributed by atoms with Gasteiger partial charge in [-0.25, -0.2) is 0 Å². The summed E-state index contributed by atoms with van der Waals surface area (Å²) in [5, 5.41) is 0. The number of hydrogen-bond donors (Lipinski definition) is 0. The summed E-state index contributed by atoms with van der Waals surface area (Å²) >= 11 is 0. The summed E-state index contributed by atoms with van der Waals surface area (Å²) in [5.41, 5.74) is 0. The summed E-state index contributed by atoms with van der Waals surface area (Å²) in [6, 6.07) is 0. The molecule has 0 heterocycles. The van der Waals surface area contributed by atoms with Crippen molar-refractivity contribution in [1.82, 2.24) is 0 Å². The van der Waals surface area contributed by atoms with Crippen LogP contribution in [0.4, 0.5) is 0 Å². The van der Waals surface area contributed by atoms with Crippen molar-refractivity contribution in [2.24, 2.45) is 0 Å². The Labute approximate surface area is 374 Å². The SMILES string of the molecule is CC/C=C\C/C=C\C/C=C\C/C=C\C/C=C\C/C=C\C/C=C\C/C=C\CCCCC(=O)OCC(COC(=O)CCCCCCC)OC(=O)CCCCCCC/C=C\CCCC. The molecule has 0 spiro atoms. The van der Waals surface area contributed by atoms with E-state index >= 15 is 0 Å². The Morgan fingerprint density at radius 3 is 1.10 bits per heavy atom. The van der Waals surface area contributed by atoms with Gasteiger partial charge in [-0.1, -0.05) is 188 Å². The second kappa shape index (κ2) is 48.7. The minimum atomic E-state index is -0.796. The van der Waals surface area contributed by atoms with E-state index in [1.807, 2.05) is 0 Å². The minimum absolute atomic E-state index is 0.0980. The van der Waals surface area contributed by atoms with Crippen LogP contribution in [-0.4, -0.2) is 37.2 Å². The number of esters is 3. The maximum absolute atomic E-state index is 12.6. The predicted octanol–water partition coefficient (Wildman–Crippen LogP) is 16.0. The molecule has 0 aliphatic rings. The first-order chi connectivity index (χ1) is 30.0. The maximum atomic E-state index is 12.6. The molecule has 0 aliphatic carbocycles. The van der Waals surface area contributed by atoms with Gasteiger partial charge >= 0.3 is 17.9 Å². The third-order valence-corrected chi connectivity index (χ3v) is 9.76. The third-order valence-electron chi connectivity index (χ3n) is 9.76. The van der Waals surface area contributed by atoms with E-state index < -0.39 is 6.10 Å². The first-order valence-electron chi connectivity index (χ1n) is 24.4. The van der Waals surface area contributed by atoms with Gasteiger partial charge in [0.05, 0.1) is 0 Å². The van der Waals surface area contributed by atoms with Crippen LogP contribution in [0.2, 0.25) is 0 Å². The molecule has 0 aromatic carbocycles. The van der Waals surface area contributed by atoms with Crippen LogP contribution in [0.25, 0.3) is 0 Å². The van der Waals surface area contributed by atoms with E-state index in [9.17, 15) is 14.4 Å². The lowest BCUT2D eigenvalue weighted by Crippen LogP contribution is -2.30. The van der Waals surface area contributed by atoms with E-state index in [2.05, 4.69) is 130 Å². The van der Waals surface area contributed by atoms with Crippen LogP contribution >= 0.6 is 0 Å². The summed E-state index contributed by atoms with van der Waals surface area (Å²) < 4.78 is 16.5. The zero-order valence-corrected chi connectivity index (χ0v) is 39.1. The lowest BCUT2D eigenvalue weighted by molar-refractivity contribution is -0.167. The van der Waals surface area contributed by atoms with Crippen LogP contribution in [0.15, 0.2) is 109 Å². The maximum Gasteiger partial charge on any atom is 0.306 e. The Morgan fingerprint density at radius 1 is 0.344 bits per heavy atom. The number of carbonyl (C=O) groups is 3. The molecule has 1 unspecified atom stereocenters. The largest absolute Gasteiger partial charge is 0.462 e. The highest BCUT2D eigenvalue weighted by molar-refractivity contribution is 5.71. The van der Waals surface area contributed by atoms with E-state index in [0.29, 0.717) is 25.7 Å². The van der Waals surface area contributed by atoms with Gasteiger partial charge in [0.1, 0.15) is 13.2 Å². The highest BCUT2D eigenvalue weighted by atomic mass is 16.6. The molecule has 0 aliphatic heterocycles. The molecule has 6 heteroatoms. The molecule has 0 bridgehead atoms. The lowest BCUT2D eigenvalue weighted by atomic mass is 10.1. The lowest BCUT2D eigenvalue weighted by Gasteiger charge is -2.18. The first-order valence-corrected chi connectivity index (χ1v) is 24.4. The molecule has 344 valence electrons. The van der Waals surface area contributed by atoms with Crippen LogP contribution in [0, 0.1) is 0 Å². The van der Waals surface area contributed by atoms with E-state index in [4.69, 9.17) is 14.2 Å². The quantitative estimate of drug-likeness (QED) is 0.0264. The van der Waals surface area contributed by atoms with Gasteiger partial charge < -0.3 is 14.2 Å². The van der Waals surface area contributed by atoms with Crippen LogP contribution in [0.5, 0.6) is 0 Å². The fraction of sp³-hybridized carbons (Fsp3) is 0.618. The van der Waals surface area contributed by atoms with E-state index in [1.165, 1.54) is 25.7 Å². The predicted molar refractivity (Wildman–Crippen MR) is 260 cm³/mol. The molecular formula is C55H88O6. The molecule has 0 N–H and O–H groups in total. The van der Waals surface area contributed by atoms with Crippen molar-refractivity contribution in [3.8, 4) is 0 Å². The van der Waals surface area contributed by atoms with Crippen LogP contribution in [-0.2, 0) is 28.6 Å². The highest BCUT2D eigenvalue weighted by Gasteiger charge is 2.19. The molecule has 0 amide bonds. The van der Waals surface area contributed by atoms with E-state index in [0.717, 1.165) is 128 Å². The Hall–Kier alpha value is -3.93. The van der Waals surface area contributed by atoms with Crippen LogP contribution in [0.3, 0.4) is 0 Å². The fourth-order valence-corrected chi connectivity index (χ4v) is 6.08. The van der Waals surface area contributed by atoms with Crippen molar-refractivity contribution in [1.29, 1.82) is 0 Å². The smallest absolute Gasteiger partial charge is 0.306 e. The topological polar surface area (TPSA) is 78.9 Å². The summed E-state index contributed by atoms with van der Waals surface area (Å²) in [7, 11) is 0. The molecule has 61 heavy (non-hydrogen) atoms. The number of ether oxygens (including phenoxy) is 3. The monoisotopic (exact) mass is 845 g/mol. The number of carbonyl (C=O) groups excluding carboxylic acids is 3. The van der Waals surface area contributed by atoms with Gasteiger partial charge in [0, 0.05) is 19.3 Å². The fourth-order valence-electron chi connectivity index (χ4n) is 6.08. The van der Waals surface area contributed by atoms with Gasteiger partial charge in [0.25, 0.3) is 0 Å². The van der Waals surface area contributed by atoms with Crippen molar-refractivity contribution >= 4 is 17.9 Å². The summed E-state index contributed by atoms with van der Waals surface area (Å²) in [6.07, 6.45) is 65.5. The number of rotatable bonds is 42. The molecule has 0 aromatic rings. The molecule has 0 saturated heterocycles. The summed E-state index contributed by atoms with van der Waals surface area (Å²) in [4.78, 5) is 37.5. The Bertz CT molecular complexity index is 1290. The molecule has 0 rings (SSSR count). The number of allylic oxidation sites excluding steroid dienone is 18. The molecule has 6 nitrogen and oxygen atoms in total. The normalized spacial score (nSPS) is 13.0. The van der Waals surface area contributed by atoms with Gasteiger partial charge in [-0.3, -0.25) is 14.4 Å². The molecule has 0 fully saturated rings. The van der Waals surface area contributed by atoms with Gasteiger partial charge in [-0.05, 0) is 103 Å². The molecule has 1 atom stereocenters. The summed E-state index contributed by atoms with van der Waals surface area (Å²) in [6.45, 7) is 6.32. The van der Waals surface area contributed by atoms with Crippen molar-refractivity contribution in [3.63, 3.8) is 0 Å². The number of hydrogen-bond acceptors (Lipinski definition) is 6. The zero-order chi connectivity index (χ0) is 44.4. The molecule has 0 aromatic heterocycles. The van der Waals surface area contributed by atoms with Crippen LogP contribution in [0.1, 0.15) is 201 Å². The average molecular weight is 845 g/mol. The molecular weight excluding hydrogens is 757 g/mol. The second-order valence-electron chi connectivity index (χ2n) is 15.6. The Balaban J connectivity index is 4.24. The first kappa shape index (κ1) is 57.1. The van der Waals surface area contributed by atoms with Crippen molar-refractivity contribution in [3.05, 3.63) is 109 Å². The highest BCUT2D eigenvalue weighted by Crippen LogP contribution is 2.12. The molecule has 0 saturated carbocycles. The zero-order valence-electron chi connectivity index (χ0n) is 39.1. The number of unbranched alkanes of at least 4 members (excludes halogenated alkanes) is 13. The Kier molecular flexibility index (Phi) is 45.6. The van der Waals surface area contributed by atoms with Crippen molar-refractivity contribution in [2.45, 2.75) is 207 Å². The summed E-state index contributed by atoms with van der Waals surface area (Å²) in [5.74, 6) is -0.979. The standard InChI is InChI=1S/C55H88O6/c1-4-7-10-13-15-17-19-20-21-22-23-24-25-26-27-28-29-30-31-32-33-34-36-37-39-42-45-48-54(57)60-51-52(50-59-53(56)47-44-41-12-9-6-3)61-55(58)49-46-43-40-38-35-18-16-14-11-8-5-2/h7,10,14-17,20-21,23-24,26-27,29-30,32-33,36-37,52H,4-6,8-9,11-13,18-19,22,25,28,31,34-35,38-51H2,1-3H3/b10-7-,16-14-,17-15-,21-20-,24-23-,27-26-,30-29-,33-32-,37-36-. The van der Waals surface area contributed by atoms with Gasteiger partial charge in [-0.2, -0.15) is 0 Å².